The molecular weight excluding hydrogens is 218 g/mol. The normalized spacial score (nSPS) is 22.1. The molecule has 17 heavy (non-hydrogen) atoms. The molecule has 4 heteroatoms. The predicted molar refractivity (Wildman–Crippen MR) is 66.0 cm³/mol. The SMILES string of the molecule is COc1cc(OC)c([C@H]2C[C@@H]2CN)c(OC)c1. The summed E-state index contributed by atoms with van der Waals surface area (Å²) >= 11 is 0. The molecule has 2 rings (SSSR count). The molecule has 1 aliphatic rings. The summed E-state index contributed by atoms with van der Waals surface area (Å²) in [7, 11) is 4.96. The fourth-order valence-electron chi connectivity index (χ4n) is 2.26. The van der Waals surface area contributed by atoms with Crippen LogP contribution in [-0.2, 0) is 0 Å². The Labute approximate surface area is 102 Å². The molecule has 0 saturated heterocycles. The van der Waals surface area contributed by atoms with Gasteiger partial charge in [-0.15, -0.1) is 0 Å². The van der Waals surface area contributed by atoms with Gasteiger partial charge in [0.1, 0.15) is 17.2 Å². The van der Waals surface area contributed by atoms with Crippen LogP contribution in [0.15, 0.2) is 12.1 Å². The summed E-state index contributed by atoms with van der Waals surface area (Å²) in [4.78, 5) is 0. The molecule has 0 unspecified atom stereocenters. The first-order chi connectivity index (χ1) is 8.24. The third-order valence-electron chi connectivity index (χ3n) is 3.35. The second kappa shape index (κ2) is 4.84. The van der Waals surface area contributed by atoms with Gasteiger partial charge in [-0.25, -0.2) is 0 Å². The van der Waals surface area contributed by atoms with Crippen molar-refractivity contribution >= 4 is 0 Å². The van der Waals surface area contributed by atoms with E-state index in [9.17, 15) is 0 Å². The summed E-state index contributed by atoms with van der Waals surface area (Å²) in [5, 5.41) is 0. The van der Waals surface area contributed by atoms with Gasteiger partial charge in [0.15, 0.2) is 0 Å². The summed E-state index contributed by atoms with van der Waals surface area (Å²) in [6.45, 7) is 0.711. The molecule has 1 fully saturated rings. The van der Waals surface area contributed by atoms with Crippen molar-refractivity contribution in [3.8, 4) is 17.2 Å². The van der Waals surface area contributed by atoms with Crippen LogP contribution in [0.1, 0.15) is 17.9 Å². The summed E-state index contributed by atoms with van der Waals surface area (Å²) < 4.78 is 16.1. The Hall–Kier alpha value is -1.42. The second-order valence-corrected chi connectivity index (χ2v) is 4.28. The lowest BCUT2D eigenvalue weighted by Crippen LogP contribution is -2.04. The molecule has 0 aromatic heterocycles. The third-order valence-corrected chi connectivity index (χ3v) is 3.35. The molecule has 94 valence electrons. The van der Waals surface area contributed by atoms with Gasteiger partial charge >= 0.3 is 0 Å². The maximum Gasteiger partial charge on any atom is 0.129 e. The molecule has 2 N–H and O–H groups in total. The molecule has 0 spiro atoms. The molecule has 0 radical (unpaired) electrons. The Bertz CT molecular complexity index is 381. The molecule has 1 saturated carbocycles. The third kappa shape index (κ3) is 2.17. The lowest BCUT2D eigenvalue weighted by atomic mass is 10.1. The van der Waals surface area contributed by atoms with Gasteiger partial charge in [-0.3, -0.25) is 0 Å². The summed E-state index contributed by atoms with van der Waals surface area (Å²) in [6.07, 6.45) is 1.11. The van der Waals surface area contributed by atoms with Crippen LogP contribution < -0.4 is 19.9 Å². The highest BCUT2D eigenvalue weighted by molar-refractivity contribution is 5.54. The van der Waals surface area contributed by atoms with Crippen LogP contribution in [0.3, 0.4) is 0 Å². The van der Waals surface area contributed by atoms with Gasteiger partial charge in [0.05, 0.1) is 21.3 Å². The van der Waals surface area contributed by atoms with Crippen molar-refractivity contribution in [2.45, 2.75) is 12.3 Å². The first-order valence-corrected chi connectivity index (χ1v) is 5.75. The van der Waals surface area contributed by atoms with Crippen molar-refractivity contribution in [1.82, 2.24) is 0 Å². The number of benzene rings is 1. The van der Waals surface area contributed by atoms with Crippen LogP contribution in [0.25, 0.3) is 0 Å². The molecule has 2 atom stereocenters. The molecule has 1 aliphatic carbocycles. The Kier molecular flexibility index (Phi) is 3.43. The fourth-order valence-corrected chi connectivity index (χ4v) is 2.26. The van der Waals surface area contributed by atoms with Gasteiger partial charge in [0, 0.05) is 17.7 Å². The Morgan fingerprint density at radius 2 is 1.71 bits per heavy atom. The van der Waals surface area contributed by atoms with Crippen LogP contribution in [0.5, 0.6) is 17.2 Å². The van der Waals surface area contributed by atoms with E-state index >= 15 is 0 Å². The van der Waals surface area contributed by atoms with E-state index < -0.39 is 0 Å². The van der Waals surface area contributed by atoms with Gasteiger partial charge in [-0.2, -0.15) is 0 Å². The lowest BCUT2D eigenvalue weighted by Gasteiger charge is -2.15. The highest BCUT2D eigenvalue weighted by Gasteiger charge is 2.41. The van der Waals surface area contributed by atoms with Gasteiger partial charge in [0.25, 0.3) is 0 Å². The van der Waals surface area contributed by atoms with Crippen molar-refractivity contribution in [2.75, 3.05) is 27.9 Å². The number of nitrogens with two attached hydrogens (primary N) is 1. The van der Waals surface area contributed by atoms with E-state index in [1.165, 1.54) is 0 Å². The van der Waals surface area contributed by atoms with Crippen molar-refractivity contribution < 1.29 is 14.2 Å². The first kappa shape index (κ1) is 12.0. The first-order valence-electron chi connectivity index (χ1n) is 5.75. The van der Waals surface area contributed by atoms with Crippen molar-refractivity contribution in [3.63, 3.8) is 0 Å². The summed E-state index contributed by atoms with van der Waals surface area (Å²) in [5.41, 5.74) is 6.81. The van der Waals surface area contributed by atoms with Crippen LogP contribution in [0, 0.1) is 5.92 Å². The highest BCUT2D eigenvalue weighted by atomic mass is 16.5. The molecule has 0 bridgehead atoms. The Morgan fingerprint density at radius 3 is 2.06 bits per heavy atom. The Morgan fingerprint density at radius 1 is 1.12 bits per heavy atom. The van der Waals surface area contributed by atoms with E-state index in [1.807, 2.05) is 12.1 Å². The Balaban J connectivity index is 2.41. The number of hydrogen-bond donors (Lipinski definition) is 1. The quantitative estimate of drug-likeness (QED) is 0.848. The average Bonchev–Trinajstić information content (AvgIpc) is 3.15. The molecule has 1 aromatic rings. The van der Waals surface area contributed by atoms with E-state index in [4.69, 9.17) is 19.9 Å². The number of rotatable bonds is 5. The minimum atomic E-state index is 0.454. The van der Waals surface area contributed by atoms with E-state index in [0.29, 0.717) is 18.4 Å². The smallest absolute Gasteiger partial charge is 0.129 e. The van der Waals surface area contributed by atoms with Gasteiger partial charge < -0.3 is 19.9 Å². The van der Waals surface area contributed by atoms with Gasteiger partial charge in [-0.05, 0) is 24.8 Å². The van der Waals surface area contributed by atoms with Crippen LogP contribution >= 0.6 is 0 Å². The number of ether oxygens (including phenoxy) is 3. The van der Waals surface area contributed by atoms with E-state index in [1.54, 1.807) is 21.3 Å². The zero-order valence-corrected chi connectivity index (χ0v) is 10.5. The standard InChI is InChI=1S/C13H19NO3/c1-15-9-5-11(16-2)13(12(6-9)17-3)10-4-8(10)7-14/h5-6,8,10H,4,7,14H2,1-3H3/t8-,10+/m1/s1. The predicted octanol–water partition coefficient (Wildman–Crippen LogP) is 1.77. The monoisotopic (exact) mass is 237 g/mol. The minimum absolute atomic E-state index is 0.454. The van der Waals surface area contributed by atoms with Crippen molar-refractivity contribution in [2.24, 2.45) is 11.7 Å². The van der Waals surface area contributed by atoms with E-state index in [-0.39, 0.29) is 0 Å². The fraction of sp³-hybridized carbons (Fsp3) is 0.538. The maximum atomic E-state index is 5.69. The van der Waals surface area contributed by atoms with Gasteiger partial charge in [-0.1, -0.05) is 0 Å². The van der Waals surface area contributed by atoms with Crippen molar-refractivity contribution in [1.29, 1.82) is 0 Å². The largest absolute Gasteiger partial charge is 0.496 e. The number of methoxy groups -OCH3 is 3. The zero-order valence-electron chi connectivity index (χ0n) is 10.5. The number of hydrogen-bond acceptors (Lipinski definition) is 4. The highest BCUT2D eigenvalue weighted by Crippen LogP contribution is 2.54. The topological polar surface area (TPSA) is 53.7 Å². The van der Waals surface area contributed by atoms with Crippen molar-refractivity contribution in [3.05, 3.63) is 17.7 Å². The van der Waals surface area contributed by atoms with Crippen LogP contribution in [0.2, 0.25) is 0 Å². The molecule has 0 aliphatic heterocycles. The molecule has 1 aromatic carbocycles. The maximum absolute atomic E-state index is 5.69. The van der Waals surface area contributed by atoms with Crippen LogP contribution in [-0.4, -0.2) is 27.9 Å². The molecular formula is C13H19NO3. The van der Waals surface area contributed by atoms with Crippen LogP contribution in [0.4, 0.5) is 0 Å². The molecule has 4 nitrogen and oxygen atoms in total. The molecule has 0 amide bonds. The zero-order chi connectivity index (χ0) is 12.4. The lowest BCUT2D eigenvalue weighted by molar-refractivity contribution is 0.368. The minimum Gasteiger partial charge on any atom is -0.496 e. The van der Waals surface area contributed by atoms with E-state index in [2.05, 4.69) is 0 Å². The second-order valence-electron chi connectivity index (χ2n) is 4.28. The molecule has 0 heterocycles. The average molecular weight is 237 g/mol. The van der Waals surface area contributed by atoms with Gasteiger partial charge in [0.2, 0.25) is 0 Å². The summed E-state index contributed by atoms with van der Waals surface area (Å²) in [6, 6.07) is 3.79. The van der Waals surface area contributed by atoms with E-state index in [0.717, 1.165) is 29.2 Å². The summed E-state index contributed by atoms with van der Waals surface area (Å²) in [5.74, 6) is 3.39.